The molecule has 0 atom stereocenters. The fraction of sp³-hybridized carbons (Fsp3) is 0.250. The summed E-state index contributed by atoms with van der Waals surface area (Å²) in [5, 5.41) is 2.89. The third kappa shape index (κ3) is 4.41. The lowest BCUT2D eigenvalue weighted by atomic mass is 9.91. The number of benzene rings is 2. The van der Waals surface area contributed by atoms with Crippen molar-refractivity contribution >= 4 is 35.0 Å². The van der Waals surface area contributed by atoms with Crippen LogP contribution in [-0.2, 0) is 27.2 Å². The molecule has 3 aromatic rings. The number of carbonyl (C=O) groups is 3. The Balaban J connectivity index is 1.56. The normalized spacial score (nSPS) is 15.7. The number of aryl methyl sites for hydroxylation is 1. The van der Waals surface area contributed by atoms with Gasteiger partial charge in [-0.05, 0) is 73.2 Å². The molecule has 5 rings (SSSR count). The number of ketones is 1. The maximum Gasteiger partial charge on any atom is 0.306 e. The van der Waals surface area contributed by atoms with Crippen LogP contribution in [0.15, 0.2) is 42.5 Å². The lowest BCUT2D eigenvalue weighted by Crippen LogP contribution is -2.12. The Bertz CT molecular complexity index is 1370. The van der Waals surface area contributed by atoms with Crippen molar-refractivity contribution in [2.75, 3.05) is 11.9 Å². The Morgan fingerprint density at radius 2 is 1.86 bits per heavy atom. The molecule has 0 fully saturated rings. The molecule has 1 amide bonds. The number of ether oxygens (including phenoxy) is 1. The van der Waals surface area contributed by atoms with Gasteiger partial charge in [-0.25, -0.2) is 4.39 Å². The van der Waals surface area contributed by atoms with E-state index >= 15 is 0 Å². The van der Waals surface area contributed by atoms with Crippen molar-refractivity contribution in [3.05, 3.63) is 76.4 Å². The van der Waals surface area contributed by atoms with E-state index in [1.54, 1.807) is 25.1 Å². The molecule has 2 aromatic carbocycles. The molecular weight excluding hydrogens is 447 g/mol. The highest BCUT2D eigenvalue weighted by atomic mass is 19.1. The number of carbonyl (C=O) groups excluding carboxylic acids is 3. The maximum atomic E-state index is 13.4. The number of rotatable bonds is 6. The average molecular weight is 473 g/mol. The molecule has 2 aliphatic rings. The molecule has 1 aromatic heterocycles. The number of aromatic nitrogens is 1. The molecule has 0 spiro atoms. The summed E-state index contributed by atoms with van der Waals surface area (Å²) in [5.41, 5.74) is 6.49. The Hall–Kier alpha value is -4.00. The predicted octanol–water partition coefficient (Wildman–Crippen LogP) is 5.33. The van der Waals surface area contributed by atoms with Gasteiger partial charge in [0.05, 0.1) is 12.2 Å². The zero-order valence-corrected chi connectivity index (χ0v) is 19.4. The van der Waals surface area contributed by atoms with Crippen molar-refractivity contribution in [2.45, 2.75) is 39.0 Å². The third-order valence-corrected chi connectivity index (χ3v) is 6.48. The van der Waals surface area contributed by atoms with Gasteiger partial charge >= 0.3 is 5.97 Å². The van der Waals surface area contributed by atoms with Crippen LogP contribution in [0, 0.1) is 5.82 Å². The minimum atomic E-state index is -0.322. The summed E-state index contributed by atoms with van der Waals surface area (Å²) in [5.74, 6) is -0.822. The SMILES string of the molecule is CCOC(=O)CCc1c(C=C2C(=O)Nc3ccc(-c4ccc(F)cc4)cc32)[nH]c2c1C(=O)CCC2. The van der Waals surface area contributed by atoms with Gasteiger partial charge in [0, 0.05) is 41.0 Å². The van der Waals surface area contributed by atoms with Gasteiger partial charge in [0.1, 0.15) is 5.82 Å². The molecule has 1 aliphatic carbocycles. The van der Waals surface area contributed by atoms with E-state index in [0.29, 0.717) is 42.0 Å². The van der Waals surface area contributed by atoms with Gasteiger partial charge in [-0.2, -0.15) is 0 Å². The minimum Gasteiger partial charge on any atom is -0.466 e. The van der Waals surface area contributed by atoms with Crippen LogP contribution < -0.4 is 5.32 Å². The second kappa shape index (κ2) is 9.33. The highest BCUT2D eigenvalue weighted by molar-refractivity contribution is 6.35. The Morgan fingerprint density at radius 1 is 1.09 bits per heavy atom. The van der Waals surface area contributed by atoms with Crippen molar-refractivity contribution < 1.29 is 23.5 Å². The van der Waals surface area contributed by atoms with Gasteiger partial charge in [-0.15, -0.1) is 0 Å². The Kier molecular flexibility index (Phi) is 6.07. The van der Waals surface area contributed by atoms with Crippen LogP contribution in [0.3, 0.4) is 0 Å². The van der Waals surface area contributed by atoms with Crippen molar-refractivity contribution in [1.82, 2.24) is 4.98 Å². The monoisotopic (exact) mass is 472 g/mol. The first-order valence-electron chi connectivity index (χ1n) is 11.8. The fourth-order valence-electron chi connectivity index (χ4n) is 4.83. The number of amides is 1. The molecule has 2 heterocycles. The Labute approximate surface area is 202 Å². The summed E-state index contributed by atoms with van der Waals surface area (Å²) >= 11 is 0. The molecule has 2 N–H and O–H groups in total. The summed E-state index contributed by atoms with van der Waals surface area (Å²) in [7, 11) is 0. The molecule has 35 heavy (non-hydrogen) atoms. The molecule has 0 saturated carbocycles. The quantitative estimate of drug-likeness (QED) is 0.375. The average Bonchev–Trinajstić information content (AvgIpc) is 3.35. The number of H-pyrrole nitrogens is 1. The van der Waals surface area contributed by atoms with Crippen molar-refractivity contribution in [1.29, 1.82) is 0 Å². The predicted molar refractivity (Wildman–Crippen MR) is 131 cm³/mol. The van der Waals surface area contributed by atoms with Gasteiger partial charge in [-0.3, -0.25) is 14.4 Å². The molecule has 7 heteroatoms. The molecule has 0 bridgehead atoms. The van der Waals surface area contributed by atoms with E-state index in [-0.39, 0.29) is 29.9 Å². The standard InChI is InChI=1S/C28H25FN2O4/c1-2-35-26(33)13-11-19-24(30-23-4-3-5-25(32)27(19)23)15-21-20-14-17(8-12-22(20)31-28(21)34)16-6-9-18(29)10-7-16/h6-10,12,14-15,30H,2-5,11,13H2,1H3,(H,31,34). The van der Waals surface area contributed by atoms with E-state index in [1.165, 1.54) is 12.1 Å². The van der Waals surface area contributed by atoms with E-state index in [9.17, 15) is 18.8 Å². The van der Waals surface area contributed by atoms with Crippen LogP contribution in [0.4, 0.5) is 10.1 Å². The van der Waals surface area contributed by atoms with Gasteiger partial charge in [-0.1, -0.05) is 18.2 Å². The Morgan fingerprint density at radius 3 is 2.63 bits per heavy atom. The first-order chi connectivity index (χ1) is 16.9. The van der Waals surface area contributed by atoms with E-state index < -0.39 is 0 Å². The number of esters is 1. The van der Waals surface area contributed by atoms with Crippen molar-refractivity contribution in [3.63, 3.8) is 0 Å². The van der Waals surface area contributed by atoms with Gasteiger partial charge in [0.2, 0.25) is 0 Å². The van der Waals surface area contributed by atoms with E-state index in [2.05, 4.69) is 10.3 Å². The number of nitrogens with one attached hydrogen (secondary N) is 2. The lowest BCUT2D eigenvalue weighted by molar-refractivity contribution is -0.143. The highest BCUT2D eigenvalue weighted by Gasteiger charge is 2.29. The number of halogens is 1. The van der Waals surface area contributed by atoms with Gasteiger partial charge in [0.15, 0.2) is 5.78 Å². The van der Waals surface area contributed by atoms with Crippen LogP contribution in [0.5, 0.6) is 0 Å². The number of anilines is 1. The van der Waals surface area contributed by atoms with Crippen LogP contribution >= 0.6 is 0 Å². The zero-order valence-electron chi connectivity index (χ0n) is 19.4. The van der Waals surface area contributed by atoms with Crippen LogP contribution in [0.25, 0.3) is 22.8 Å². The molecule has 0 radical (unpaired) electrons. The highest BCUT2D eigenvalue weighted by Crippen LogP contribution is 2.38. The van der Waals surface area contributed by atoms with Gasteiger partial charge in [0.25, 0.3) is 5.91 Å². The van der Waals surface area contributed by atoms with Crippen LogP contribution in [0.1, 0.15) is 59.1 Å². The summed E-state index contributed by atoms with van der Waals surface area (Å²) in [6.45, 7) is 2.05. The van der Waals surface area contributed by atoms with Crippen molar-refractivity contribution in [3.8, 4) is 11.1 Å². The lowest BCUT2D eigenvalue weighted by Gasteiger charge is -2.11. The first-order valence-corrected chi connectivity index (χ1v) is 11.8. The fourth-order valence-corrected chi connectivity index (χ4v) is 4.83. The second-order valence-electron chi connectivity index (χ2n) is 8.73. The van der Waals surface area contributed by atoms with Crippen LogP contribution in [0.2, 0.25) is 0 Å². The minimum absolute atomic E-state index is 0.0564. The molecule has 1 aliphatic heterocycles. The van der Waals surface area contributed by atoms with Crippen LogP contribution in [-0.4, -0.2) is 29.3 Å². The number of fused-ring (bicyclic) bond motifs is 2. The first kappa shape index (κ1) is 22.8. The van der Waals surface area contributed by atoms with Gasteiger partial charge < -0.3 is 15.0 Å². The third-order valence-electron chi connectivity index (χ3n) is 6.48. The van der Waals surface area contributed by atoms with E-state index in [0.717, 1.165) is 40.8 Å². The second-order valence-corrected chi connectivity index (χ2v) is 8.73. The smallest absolute Gasteiger partial charge is 0.306 e. The summed E-state index contributed by atoms with van der Waals surface area (Å²) in [4.78, 5) is 41.0. The zero-order chi connectivity index (χ0) is 24.5. The largest absolute Gasteiger partial charge is 0.466 e. The molecule has 178 valence electrons. The number of hydrogen-bond donors (Lipinski definition) is 2. The number of hydrogen-bond acceptors (Lipinski definition) is 4. The molecular formula is C28H25FN2O4. The molecule has 0 unspecified atom stereocenters. The van der Waals surface area contributed by atoms with E-state index in [1.807, 2.05) is 18.2 Å². The number of Topliss-reactive ketones (excluding diaryl/α,β-unsaturated/α-hetero) is 1. The summed E-state index contributed by atoms with van der Waals surface area (Å²) in [6.07, 6.45) is 4.25. The number of aromatic amines is 1. The summed E-state index contributed by atoms with van der Waals surface area (Å²) in [6, 6.07) is 11.8. The molecule has 0 saturated heterocycles. The topological polar surface area (TPSA) is 88.3 Å². The van der Waals surface area contributed by atoms with E-state index in [4.69, 9.17) is 4.74 Å². The maximum absolute atomic E-state index is 13.4. The van der Waals surface area contributed by atoms with Crippen molar-refractivity contribution in [2.24, 2.45) is 0 Å². The molecule has 6 nitrogen and oxygen atoms in total. The summed E-state index contributed by atoms with van der Waals surface area (Å²) < 4.78 is 18.4.